The van der Waals surface area contributed by atoms with Gasteiger partial charge in [-0.15, -0.1) is 0 Å². The van der Waals surface area contributed by atoms with Crippen LogP contribution in [-0.2, 0) is 19.4 Å². The molecule has 1 heterocycles. The van der Waals surface area contributed by atoms with Gasteiger partial charge in [-0.25, -0.2) is 0 Å². The molecule has 0 bridgehead atoms. The molecule has 0 saturated heterocycles. The van der Waals surface area contributed by atoms with Crippen LogP contribution in [0, 0.1) is 0 Å². The molecule has 38 heavy (non-hydrogen) atoms. The van der Waals surface area contributed by atoms with Gasteiger partial charge in [-0.1, -0.05) is 0 Å². The van der Waals surface area contributed by atoms with Gasteiger partial charge in [0.25, 0.3) is 0 Å². The second kappa shape index (κ2) is 9.56. The van der Waals surface area contributed by atoms with Crippen molar-refractivity contribution in [2.45, 2.75) is 70.3 Å². The molecule has 9 heteroatoms. The van der Waals surface area contributed by atoms with E-state index in [1.807, 2.05) is 41.5 Å². The Morgan fingerprint density at radius 3 is 1.29 bits per heavy atom. The fourth-order valence-electron chi connectivity index (χ4n) is 4.79. The maximum atomic E-state index is 14.6. The molecule has 3 aromatic rings. The van der Waals surface area contributed by atoms with Crippen molar-refractivity contribution in [2.24, 2.45) is 0 Å². The van der Waals surface area contributed by atoms with Gasteiger partial charge >= 0.3 is 219 Å². The van der Waals surface area contributed by atoms with Crippen LogP contribution in [0.2, 0.25) is 0 Å². The third-order valence-electron chi connectivity index (χ3n) is 6.89. The Hall–Kier alpha value is -2.02. The smallest absolute Gasteiger partial charge is 0.412 e. The SMILES string of the molecule is CC(C)(C)c1cc[c]([Sb]2([c]3ccc(C(C)(C)C)cc3)[O]C(C(F)(F)F)(C(F)(F)F)c3cccc[c]32)cc1.O. The minimum atomic E-state index is -5.71. The zero-order valence-electron chi connectivity index (χ0n) is 22.1. The molecular weight excluding hydrogens is 616 g/mol. The van der Waals surface area contributed by atoms with Crippen molar-refractivity contribution in [1.29, 1.82) is 0 Å². The summed E-state index contributed by atoms with van der Waals surface area (Å²) in [6, 6.07) is 18.7. The fraction of sp³-hybridized carbons (Fsp3) is 0.379. The van der Waals surface area contributed by atoms with Crippen LogP contribution in [0.25, 0.3) is 0 Å². The van der Waals surface area contributed by atoms with Gasteiger partial charge in [0, 0.05) is 0 Å². The summed E-state index contributed by atoms with van der Waals surface area (Å²) in [5.74, 6) is 0. The van der Waals surface area contributed by atoms with Gasteiger partial charge in [0.05, 0.1) is 0 Å². The molecule has 4 rings (SSSR count). The van der Waals surface area contributed by atoms with Gasteiger partial charge in [0.1, 0.15) is 0 Å². The molecule has 0 fully saturated rings. The molecule has 2 N–H and O–H groups in total. The number of benzene rings is 3. The van der Waals surface area contributed by atoms with E-state index in [0.717, 1.165) is 17.2 Å². The number of fused-ring (bicyclic) bond motifs is 1. The molecule has 0 spiro atoms. The quantitative estimate of drug-likeness (QED) is 0.257. The van der Waals surface area contributed by atoms with E-state index in [-0.39, 0.29) is 19.8 Å². The Morgan fingerprint density at radius 1 is 0.579 bits per heavy atom. The van der Waals surface area contributed by atoms with Gasteiger partial charge in [0.2, 0.25) is 0 Å². The number of hydrogen-bond donors (Lipinski definition) is 0. The third-order valence-corrected chi connectivity index (χ3v) is 17.4. The van der Waals surface area contributed by atoms with Gasteiger partial charge in [-0.2, -0.15) is 0 Å². The summed E-state index contributed by atoms with van der Waals surface area (Å²) in [7, 11) is 0. The van der Waals surface area contributed by atoms with Crippen molar-refractivity contribution in [3.05, 3.63) is 89.5 Å². The first-order valence-electron chi connectivity index (χ1n) is 11.9. The molecule has 1 aliphatic rings. The molecular formula is C29H32F6O2Sb. The molecule has 0 aliphatic carbocycles. The predicted octanol–water partition coefficient (Wildman–Crippen LogP) is 5.77. The summed E-state index contributed by atoms with van der Waals surface area (Å²) in [4.78, 5) is 0. The van der Waals surface area contributed by atoms with Crippen molar-refractivity contribution >= 4 is 29.8 Å². The molecule has 0 atom stereocenters. The van der Waals surface area contributed by atoms with E-state index in [1.165, 1.54) is 18.2 Å². The molecule has 0 saturated carbocycles. The Kier molecular flexibility index (Phi) is 7.68. The van der Waals surface area contributed by atoms with Crippen molar-refractivity contribution < 1.29 is 34.8 Å². The average Bonchev–Trinajstić information content (AvgIpc) is 3.12. The first-order chi connectivity index (χ1) is 16.9. The zero-order chi connectivity index (χ0) is 27.7. The Bertz CT molecular complexity index is 1210. The van der Waals surface area contributed by atoms with Gasteiger partial charge < -0.3 is 5.48 Å². The van der Waals surface area contributed by atoms with Crippen LogP contribution in [0.1, 0.15) is 58.2 Å². The molecule has 1 radical (unpaired) electrons. The van der Waals surface area contributed by atoms with Crippen LogP contribution >= 0.6 is 0 Å². The van der Waals surface area contributed by atoms with Gasteiger partial charge in [-0.05, 0) is 0 Å². The molecule has 0 amide bonds. The van der Waals surface area contributed by atoms with Crippen LogP contribution < -0.4 is 10.5 Å². The standard InChI is InChI=1S/2C10H13.C9H4F6O.H2O.Sb/c2*1-10(2,3)9-7-5-4-6-8-9;10-8(11,12)7(16,9(13,14)15)6-4-2-1-3-5-6;;/h2*5-8H,1-3H3;1-4H;1H2;/q;;-1;;+1. The van der Waals surface area contributed by atoms with Crippen LogP contribution in [0.15, 0.2) is 72.8 Å². The number of hydrogen-bond acceptors (Lipinski definition) is 1. The summed E-state index contributed by atoms with van der Waals surface area (Å²) < 4.78 is 94.1. The third kappa shape index (κ3) is 4.67. The summed E-state index contributed by atoms with van der Waals surface area (Å²) >= 11 is -5.20. The van der Waals surface area contributed by atoms with Crippen LogP contribution in [0.5, 0.6) is 0 Å². The van der Waals surface area contributed by atoms with E-state index >= 15 is 0 Å². The largest absolute Gasteiger partial charge is 0.412 e. The maximum Gasteiger partial charge on any atom is -0.412 e. The molecule has 2 nitrogen and oxygen atoms in total. The van der Waals surface area contributed by atoms with Gasteiger partial charge in [0.15, 0.2) is 0 Å². The zero-order valence-corrected chi connectivity index (χ0v) is 24.6. The minimum Gasteiger partial charge on any atom is -0.412 e. The van der Waals surface area contributed by atoms with Crippen molar-refractivity contribution in [3.8, 4) is 0 Å². The Morgan fingerprint density at radius 2 is 0.947 bits per heavy atom. The van der Waals surface area contributed by atoms with E-state index in [9.17, 15) is 26.3 Å². The van der Waals surface area contributed by atoms with Crippen molar-refractivity contribution in [3.63, 3.8) is 0 Å². The monoisotopic (exact) mass is 647 g/mol. The van der Waals surface area contributed by atoms with Crippen LogP contribution in [0.4, 0.5) is 26.3 Å². The second-order valence-corrected chi connectivity index (χ2v) is 19.8. The molecule has 0 aromatic heterocycles. The molecule has 0 unspecified atom stereocenters. The number of alkyl halides is 6. The first kappa shape index (κ1) is 30.5. The van der Waals surface area contributed by atoms with Crippen LogP contribution in [-0.4, -0.2) is 37.1 Å². The number of halogens is 6. The molecule has 207 valence electrons. The predicted molar refractivity (Wildman–Crippen MR) is 140 cm³/mol. The van der Waals surface area contributed by atoms with Gasteiger partial charge in [-0.3, -0.25) is 0 Å². The summed E-state index contributed by atoms with van der Waals surface area (Å²) in [5.41, 5.74) is -3.92. The fourth-order valence-corrected chi connectivity index (χ4v) is 15.9. The first-order valence-corrected chi connectivity index (χ1v) is 16.8. The van der Waals surface area contributed by atoms with Crippen LogP contribution in [0.3, 0.4) is 0 Å². The second-order valence-electron chi connectivity index (χ2n) is 11.5. The topological polar surface area (TPSA) is 40.7 Å². The van der Waals surface area contributed by atoms with E-state index < -0.39 is 42.7 Å². The van der Waals surface area contributed by atoms with E-state index in [1.54, 1.807) is 48.5 Å². The summed E-state index contributed by atoms with van der Waals surface area (Å²) in [5, 5.41) is 0. The van der Waals surface area contributed by atoms with E-state index in [4.69, 9.17) is 3.02 Å². The molecule has 1 aliphatic heterocycles. The average molecular weight is 648 g/mol. The summed E-state index contributed by atoms with van der Waals surface area (Å²) in [6.45, 7) is 11.9. The number of rotatable bonds is 2. The van der Waals surface area contributed by atoms with E-state index in [0.29, 0.717) is 7.02 Å². The summed E-state index contributed by atoms with van der Waals surface area (Å²) in [6.07, 6.45) is -11.4. The Balaban J connectivity index is 0.00000400. The molecule has 3 aromatic carbocycles. The normalized spacial score (nSPS) is 17.1. The maximum absolute atomic E-state index is 14.6. The van der Waals surface area contributed by atoms with Crippen molar-refractivity contribution in [1.82, 2.24) is 0 Å². The Labute approximate surface area is 223 Å². The minimum absolute atomic E-state index is 0. The van der Waals surface area contributed by atoms with Crippen molar-refractivity contribution in [2.75, 3.05) is 0 Å². The van der Waals surface area contributed by atoms with E-state index in [2.05, 4.69) is 0 Å².